The first-order valence-corrected chi connectivity index (χ1v) is 11.0. The van der Waals surface area contributed by atoms with Crippen LogP contribution in [0.25, 0.3) is 10.9 Å². The third-order valence-electron chi connectivity index (χ3n) is 7.00. The van der Waals surface area contributed by atoms with Gasteiger partial charge in [-0.05, 0) is 42.2 Å². The lowest BCUT2D eigenvalue weighted by atomic mass is 9.86. The predicted molar refractivity (Wildman–Crippen MR) is 119 cm³/mol. The van der Waals surface area contributed by atoms with E-state index in [-0.39, 0.29) is 24.4 Å². The number of H-pyrrole nitrogens is 1. The number of benzene rings is 2. The second-order valence-electron chi connectivity index (χ2n) is 8.80. The molecule has 6 rings (SSSR count). The van der Waals surface area contributed by atoms with Crippen LogP contribution in [0.5, 0.6) is 11.5 Å². The number of para-hydroxylation sites is 1. The largest absolute Gasteiger partial charge is 0.493 e. The Hall–Kier alpha value is -3.48. The molecule has 2 aromatic carbocycles. The molecule has 0 bridgehead atoms. The van der Waals surface area contributed by atoms with E-state index in [1.165, 1.54) is 0 Å². The van der Waals surface area contributed by atoms with E-state index in [9.17, 15) is 9.59 Å². The second-order valence-corrected chi connectivity index (χ2v) is 8.80. The lowest BCUT2D eigenvalue weighted by Crippen LogP contribution is -2.63. The third kappa shape index (κ3) is 2.73. The highest BCUT2D eigenvalue weighted by Crippen LogP contribution is 2.45. The summed E-state index contributed by atoms with van der Waals surface area (Å²) in [4.78, 5) is 34.1. The zero-order valence-corrected chi connectivity index (χ0v) is 18.1. The van der Waals surface area contributed by atoms with Gasteiger partial charge in [0.15, 0.2) is 11.5 Å². The van der Waals surface area contributed by atoms with Crippen molar-refractivity contribution >= 4 is 22.7 Å². The van der Waals surface area contributed by atoms with Crippen LogP contribution < -0.4 is 9.47 Å². The summed E-state index contributed by atoms with van der Waals surface area (Å²) in [6.07, 6.45) is 2.50. The number of ether oxygens (including phenoxy) is 2. The minimum atomic E-state index is -0.498. The van der Waals surface area contributed by atoms with Gasteiger partial charge in [-0.25, -0.2) is 0 Å². The van der Waals surface area contributed by atoms with Crippen LogP contribution in [0.1, 0.15) is 35.7 Å². The van der Waals surface area contributed by atoms with Crippen molar-refractivity contribution in [3.63, 3.8) is 0 Å². The highest BCUT2D eigenvalue weighted by atomic mass is 16.5. The lowest BCUT2D eigenvalue weighted by Gasteiger charge is -2.47. The summed E-state index contributed by atoms with van der Waals surface area (Å²) in [6.45, 7) is 0.152. The fourth-order valence-electron chi connectivity index (χ4n) is 5.35. The summed E-state index contributed by atoms with van der Waals surface area (Å²) in [5.74, 6) is 1.28. The molecule has 2 aliphatic heterocycles. The predicted octanol–water partition coefficient (Wildman–Crippen LogP) is 3.03. The Bertz CT molecular complexity index is 1250. The molecule has 1 aromatic heterocycles. The first-order valence-electron chi connectivity index (χ1n) is 11.0. The molecule has 2 unspecified atom stereocenters. The highest BCUT2D eigenvalue weighted by molar-refractivity contribution is 5.98. The summed E-state index contributed by atoms with van der Waals surface area (Å²) in [5.41, 5.74) is 3.99. The molecule has 3 aromatic rings. The molecule has 1 saturated carbocycles. The molecule has 164 valence electrons. The monoisotopic (exact) mass is 431 g/mol. The number of carbonyl (C=O) groups is 2. The normalized spacial score (nSPS) is 22.7. The molecule has 0 spiro atoms. The van der Waals surface area contributed by atoms with E-state index in [0.717, 1.165) is 40.6 Å². The van der Waals surface area contributed by atoms with Gasteiger partial charge >= 0.3 is 0 Å². The minimum absolute atomic E-state index is 0.00871. The van der Waals surface area contributed by atoms with Crippen molar-refractivity contribution < 1.29 is 19.1 Å². The molecule has 7 nitrogen and oxygen atoms in total. The van der Waals surface area contributed by atoms with Crippen molar-refractivity contribution in [3.05, 3.63) is 59.3 Å². The Balaban J connectivity index is 1.55. The molecule has 1 aliphatic carbocycles. The Kier molecular flexibility index (Phi) is 4.22. The number of nitrogens with zero attached hydrogens (tertiary/aromatic N) is 2. The number of rotatable bonds is 4. The Labute approximate surface area is 185 Å². The van der Waals surface area contributed by atoms with Crippen LogP contribution in [0, 0.1) is 0 Å². The van der Waals surface area contributed by atoms with Crippen molar-refractivity contribution in [1.29, 1.82) is 0 Å². The van der Waals surface area contributed by atoms with Gasteiger partial charge in [0.25, 0.3) is 0 Å². The van der Waals surface area contributed by atoms with Gasteiger partial charge in [0, 0.05) is 29.1 Å². The maximum Gasteiger partial charge on any atom is 0.246 e. The zero-order valence-electron chi connectivity index (χ0n) is 18.1. The van der Waals surface area contributed by atoms with Crippen LogP contribution in [-0.4, -0.2) is 59.4 Å². The van der Waals surface area contributed by atoms with Gasteiger partial charge in [0.2, 0.25) is 11.8 Å². The number of amides is 2. The molecular formula is C25H25N3O4. The first kappa shape index (κ1) is 19.2. The number of nitrogens with one attached hydrogen (secondary N) is 1. The Morgan fingerprint density at radius 3 is 2.53 bits per heavy atom. The van der Waals surface area contributed by atoms with Gasteiger partial charge in [-0.2, -0.15) is 0 Å². The van der Waals surface area contributed by atoms with Gasteiger partial charge in [0.1, 0.15) is 12.6 Å². The summed E-state index contributed by atoms with van der Waals surface area (Å²) in [6, 6.07) is 13.2. The summed E-state index contributed by atoms with van der Waals surface area (Å²) in [5, 5.41) is 1.11. The van der Waals surface area contributed by atoms with Gasteiger partial charge in [0.05, 0.1) is 20.3 Å². The van der Waals surface area contributed by atoms with Crippen molar-refractivity contribution in [1.82, 2.24) is 14.8 Å². The van der Waals surface area contributed by atoms with Crippen LogP contribution in [0.4, 0.5) is 0 Å². The highest BCUT2D eigenvalue weighted by Gasteiger charge is 2.50. The molecule has 32 heavy (non-hydrogen) atoms. The van der Waals surface area contributed by atoms with Crippen molar-refractivity contribution in [3.8, 4) is 11.5 Å². The number of hydrogen-bond donors (Lipinski definition) is 1. The lowest BCUT2D eigenvalue weighted by molar-refractivity contribution is -0.159. The molecule has 2 atom stereocenters. The van der Waals surface area contributed by atoms with Crippen LogP contribution in [0.2, 0.25) is 0 Å². The van der Waals surface area contributed by atoms with Crippen LogP contribution in [0.3, 0.4) is 0 Å². The fraction of sp³-hybridized carbons (Fsp3) is 0.360. The number of fused-ring (bicyclic) bond motifs is 4. The van der Waals surface area contributed by atoms with E-state index in [0.29, 0.717) is 17.9 Å². The van der Waals surface area contributed by atoms with Gasteiger partial charge in [-0.1, -0.05) is 24.3 Å². The Morgan fingerprint density at radius 2 is 1.78 bits per heavy atom. The maximum atomic E-state index is 13.5. The van der Waals surface area contributed by atoms with Crippen molar-refractivity contribution in [2.45, 2.75) is 37.4 Å². The topological polar surface area (TPSA) is 74.9 Å². The molecule has 3 aliphatic rings. The summed E-state index contributed by atoms with van der Waals surface area (Å²) >= 11 is 0. The Morgan fingerprint density at radius 1 is 1.00 bits per heavy atom. The van der Waals surface area contributed by atoms with E-state index in [1.54, 1.807) is 24.0 Å². The van der Waals surface area contributed by atoms with E-state index >= 15 is 0 Å². The second kappa shape index (κ2) is 7.02. The number of aromatic amines is 1. The van der Waals surface area contributed by atoms with E-state index in [1.807, 2.05) is 36.4 Å². The van der Waals surface area contributed by atoms with Crippen LogP contribution >= 0.6 is 0 Å². The minimum Gasteiger partial charge on any atom is -0.493 e. The van der Waals surface area contributed by atoms with E-state index in [2.05, 4.69) is 11.1 Å². The average Bonchev–Trinajstić information content (AvgIpc) is 3.60. The average molecular weight is 431 g/mol. The molecular weight excluding hydrogens is 406 g/mol. The number of carbonyl (C=O) groups excluding carboxylic acids is 2. The molecule has 2 fully saturated rings. The maximum absolute atomic E-state index is 13.5. The van der Waals surface area contributed by atoms with Crippen molar-refractivity contribution in [2.24, 2.45) is 0 Å². The quantitative estimate of drug-likeness (QED) is 0.689. The van der Waals surface area contributed by atoms with Gasteiger partial charge in [-0.3, -0.25) is 9.59 Å². The standard InChI is InChI=1S/C25H25N3O4/c1-31-20-10-7-14(11-21(20)32-2)24-23-17(16-5-3-4-6-18(16)26-23)12-19-25(30)27(15-8-9-15)13-22(29)28(19)24/h3-7,10-11,15,19,24,26H,8-9,12-13H2,1-2H3. The summed E-state index contributed by atoms with van der Waals surface area (Å²) in [7, 11) is 3.20. The molecule has 7 heteroatoms. The van der Waals surface area contributed by atoms with Gasteiger partial charge < -0.3 is 24.3 Å². The molecule has 3 heterocycles. The van der Waals surface area contributed by atoms with Crippen LogP contribution in [-0.2, 0) is 16.0 Å². The number of aromatic nitrogens is 1. The van der Waals surface area contributed by atoms with Gasteiger partial charge in [-0.15, -0.1) is 0 Å². The molecule has 0 radical (unpaired) electrons. The third-order valence-corrected chi connectivity index (χ3v) is 7.00. The SMILES string of the molecule is COc1ccc(C2c3[nH]c4ccccc4c3CC3C(=O)N(C4CC4)CC(=O)N32)cc1OC. The van der Waals surface area contributed by atoms with E-state index < -0.39 is 12.1 Å². The van der Waals surface area contributed by atoms with Crippen molar-refractivity contribution in [2.75, 3.05) is 20.8 Å². The smallest absolute Gasteiger partial charge is 0.246 e. The zero-order chi connectivity index (χ0) is 22.0. The fourth-order valence-corrected chi connectivity index (χ4v) is 5.35. The molecule has 1 N–H and O–H groups in total. The van der Waals surface area contributed by atoms with Crippen LogP contribution in [0.15, 0.2) is 42.5 Å². The summed E-state index contributed by atoms with van der Waals surface area (Å²) < 4.78 is 11.0. The molecule has 2 amide bonds. The number of methoxy groups -OCH3 is 2. The number of piperazine rings is 1. The number of hydrogen-bond acceptors (Lipinski definition) is 4. The molecule has 1 saturated heterocycles. The first-order chi connectivity index (χ1) is 15.6. The van der Waals surface area contributed by atoms with E-state index in [4.69, 9.17) is 9.47 Å².